The van der Waals surface area contributed by atoms with E-state index in [9.17, 15) is 18.5 Å². The van der Waals surface area contributed by atoms with E-state index < -0.39 is 14.8 Å². The number of sulfone groups is 1. The molecule has 1 atom stereocenters. The summed E-state index contributed by atoms with van der Waals surface area (Å²) in [7, 11) is -3.48. The Labute approximate surface area is 117 Å². The molecule has 1 aliphatic heterocycles. The van der Waals surface area contributed by atoms with Crippen molar-refractivity contribution in [2.24, 2.45) is 5.92 Å². The van der Waals surface area contributed by atoms with Gasteiger partial charge in [-0.05, 0) is 25.1 Å². The summed E-state index contributed by atoms with van der Waals surface area (Å²) in [5, 5.41) is 14.2. The molecule has 0 bridgehead atoms. The first-order valence-corrected chi connectivity index (χ1v) is 8.09. The van der Waals surface area contributed by atoms with Crippen molar-refractivity contribution in [2.75, 3.05) is 26.0 Å². The van der Waals surface area contributed by atoms with Crippen LogP contribution in [0.2, 0.25) is 0 Å². The summed E-state index contributed by atoms with van der Waals surface area (Å²) in [6, 6.07) is 3.71. The first-order valence-electron chi connectivity index (χ1n) is 6.20. The van der Waals surface area contributed by atoms with Crippen LogP contribution < -0.4 is 10.1 Å². The van der Waals surface area contributed by atoms with Crippen LogP contribution in [0.25, 0.3) is 0 Å². The van der Waals surface area contributed by atoms with Crippen molar-refractivity contribution in [1.82, 2.24) is 5.32 Å². The van der Waals surface area contributed by atoms with Crippen molar-refractivity contribution in [1.29, 1.82) is 0 Å². The molecule has 7 nitrogen and oxygen atoms in total. The Morgan fingerprint density at radius 3 is 2.80 bits per heavy atom. The van der Waals surface area contributed by atoms with Crippen molar-refractivity contribution in [3.05, 3.63) is 28.3 Å². The molecule has 0 saturated carbocycles. The van der Waals surface area contributed by atoms with Crippen LogP contribution in [0.15, 0.2) is 23.1 Å². The maximum absolute atomic E-state index is 11.4. The molecule has 1 N–H and O–H groups in total. The average molecular weight is 300 g/mol. The smallest absolute Gasteiger partial charge is 0.312 e. The zero-order valence-electron chi connectivity index (χ0n) is 11.0. The van der Waals surface area contributed by atoms with Gasteiger partial charge in [0.2, 0.25) is 0 Å². The van der Waals surface area contributed by atoms with E-state index in [-0.39, 0.29) is 16.3 Å². The van der Waals surface area contributed by atoms with E-state index in [1.807, 2.05) is 0 Å². The van der Waals surface area contributed by atoms with Crippen LogP contribution >= 0.6 is 0 Å². The van der Waals surface area contributed by atoms with Gasteiger partial charge in [-0.25, -0.2) is 8.42 Å². The van der Waals surface area contributed by atoms with E-state index >= 15 is 0 Å². The van der Waals surface area contributed by atoms with Crippen LogP contribution in [0.1, 0.15) is 6.42 Å². The maximum Gasteiger partial charge on any atom is 0.312 e. The minimum absolute atomic E-state index is 0.0842. The zero-order chi connectivity index (χ0) is 14.8. The normalized spacial score (nSPS) is 18.9. The number of ether oxygens (including phenoxy) is 1. The molecule has 0 aliphatic carbocycles. The fourth-order valence-electron chi connectivity index (χ4n) is 2.06. The van der Waals surface area contributed by atoms with E-state index in [0.717, 1.165) is 31.8 Å². The van der Waals surface area contributed by atoms with E-state index in [4.69, 9.17) is 4.74 Å². The third kappa shape index (κ3) is 3.45. The monoisotopic (exact) mass is 300 g/mol. The summed E-state index contributed by atoms with van der Waals surface area (Å²) in [6.07, 6.45) is 1.98. The molecule has 2 rings (SSSR count). The van der Waals surface area contributed by atoms with Gasteiger partial charge in [-0.1, -0.05) is 0 Å². The first-order chi connectivity index (χ1) is 9.38. The Morgan fingerprint density at radius 2 is 2.25 bits per heavy atom. The number of benzene rings is 1. The molecule has 0 radical (unpaired) electrons. The molecule has 0 spiro atoms. The molecule has 110 valence electrons. The molecular formula is C12H16N2O5S. The average Bonchev–Trinajstić information content (AvgIpc) is 2.88. The van der Waals surface area contributed by atoms with E-state index in [2.05, 4.69) is 5.32 Å². The van der Waals surface area contributed by atoms with Crippen LogP contribution in [0.5, 0.6) is 5.75 Å². The minimum atomic E-state index is -3.48. The van der Waals surface area contributed by atoms with E-state index in [1.165, 1.54) is 12.1 Å². The largest absolute Gasteiger partial charge is 0.486 e. The SMILES string of the molecule is CS(=O)(=O)c1ccc(OCC2CCNC2)c([N+](=O)[O-])c1. The van der Waals surface area contributed by atoms with Gasteiger partial charge in [0.15, 0.2) is 15.6 Å². The molecule has 0 aromatic heterocycles. The van der Waals surface area contributed by atoms with Crippen molar-refractivity contribution in [3.8, 4) is 5.75 Å². The number of nitro benzene ring substituents is 1. The molecule has 20 heavy (non-hydrogen) atoms. The molecule has 1 aromatic carbocycles. The summed E-state index contributed by atoms with van der Waals surface area (Å²) < 4.78 is 28.3. The first kappa shape index (κ1) is 14.7. The van der Waals surface area contributed by atoms with Crippen molar-refractivity contribution < 1.29 is 18.1 Å². The van der Waals surface area contributed by atoms with Crippen molar-refractivity contribution in [3.63, 3.8) is 0 Å². The number of rotatable bonds is 5. The molecule has 1 aromatic rings. The summed E-state index contributed by atoms with van der Waals surface area (Å²) in [5.74, 6) is 0.429. The predicted molar refractivity (Wildman–Crippen MR) is 72.7 cm³/mol. The quantitative estimate of drug-likeness (QED) is 0.643. The second kappa shape index (κ2) is 5.76. The highest BCUT2D eigenvalue weighted by Gasteiger charge is 2.22. The highest BCUT2D eigenvalue weighted by Crippen LogP contribution is 2.30. The summed E-state index contributed by atoms with van der Waals surface area (Å²) in [5.41, 5.74) is -0.320. The number of hydrogen-bond acceptors (Lipinski definition) is 6. The number of nitrogens with one attached hydrogen (secondary N) is 1. The Bertz CT molecular complexity index is 608. The van der Waals surface area contributed by atoms with Gasteiger partial charge >= 0.3 is 5.69 Å². The van der Waals surface area contributed by atoms with Crippen LogP contribution in [-0.2, 0) is 9.84 Å². The van der Waals surface area contributed by atoms with E-state index in [0.29, 0.717) is 12.5 Å². The summed E-state index contributed by atoms with van der Waals surface area (Å²) in [6.45, 7) is 2.13. The Balaban J connectivity index is 2.21. The topological polar surface area (TPSA) is 98.5 Å². The molecule has 1 unspecified atom stereocenters. The lowest BCUT2D eigenvalue weighted by Gasteiger charge is -2.11. The predicted octanol–water partition coefficient (Wildman–Crippen LogP) is 0.987. The van der Waals surface area contributed by atoms with Gasteiger partial charge in [0.25, 0.3) is 0 Å². The molecule has 8 heteroatoms. The van der Waals surface area contributed by atoms with Crippen molar-refractivity contribution >= 4 is 15.5 Å². The van der Waals surface area contributed by atoms with E-state index in [1.54, 1.807) is 0 Å². The minimum Gasteiger partial charge on any atom is -0.486 e. The Morgan fingerprint density at radius 1 is 1.50 bits per heavy atom. The van der Waals surface area contributed by atoms with Crippen LogP contribution in [-0.4, -0.2) is 39.3 Å². The maximum atomic E-state index is 11.4. The van der Waals surface area contributed by atoms with Crippen LogP contribution in [0, 0.1) is 16.0 Å². The highest BCUT2D eigenvalue weighted by atomic mass is 32.2. The van der Waals surface area contributed by atoms with Gasteiger partial charge in [0, 0.05) is 24.8 Å². The second-order valence-electron chi connectivity index (χ2n) is 4.83. The molecular weight excluding hydrogens is 284 g/mol. The molecule has 1 aliphatic rings. The number of nitro groups is 1. The van der Waals surface area contributed by atoms with Gasteiger partial charge < -0.3 is 10.1 Å². The fourth-order valence-corrected chi connectivity index (χ4v) is 2.70. The summed E-state index contributed by atoms with van der Waals surface area (Å²) in [4.78, 5) is 10.3. The lowest BCUT2D eigenvalue weighted by Crippen LogP contribution is -2.16. The zero-order valence-corrected chi connectivity index (χ0v) is 11.9. The summed E-state index contributed by atoms with van der Waals surface area (Å²) >= 11 is 0. The lowest BCUT2D eigenvalue weighted by atomic mass is 10.1. The second-order valence-corrected chi connectivity index (χ2v) is 6.84. The van der Waals surface area contributed by atoms with Gasteiger partial charge in [-0.2, -0.15) is 0 Å². The van der Waals surface area contributed by atoms with Crippen molar-refractivity contribution in [2.45, 2.75) is 11.3 Å². The van der Waals surface area contributed by atoms with Crippen LogP contribution in [0.3, 0.4) is 0 Å². The number of hydrogen-bond donors (Lipinski definition) is 1. The molecule has 1 heterocycles. The third-order valence-corrected chi connectivity index (χ3v) is 4.30. The Hall–Kier alpha value is -1.67. The molecule has 0 amide bonds. The fraction of sp³-hybridized carbons (Fsp3) is 0.500. The van der Waals surface area contributed by atoms with Gasteiger partial charge in [0.05, 0.1) is 16.4 Å². The highest BCUT2D eigenvalue weighted by molar-refractivity contribution is 7.90. The van der Waals surface area contributed by atoms with Gasteiger partial charge in [-0.15, -0.1) is 0 Å². The standard InChI is InChI=1S/C12H16N2O5S/c1-20(17,18)10-2-3-12(11(6-10)14(15)16)19-8-9-4-5-13-7-9/h2-3,6,9,13H,4-5,7-8H2,1H3. The van der Waals surface area contributed by atoms with Gasteiger partial charge in [0.1, 0.15) is 0 Å². The molecule has 1 fully saturated rings. The van der Waals surface area contributed by atoms with Gasteiger partial charge in [-0.3, -0.25) is 10.1 Å². The number of nitrogens with zero attached hydrogens (tertiary/aromatic N) is 1. The Kier molecular flexibility index (Phi) is 4.24. The third-order valence-electron chi connectivity index (χ3n) is 3.19. The molecule has 1 saturated heterocycles. The van der Waals surface area contributed by atoms with Crippen LogP contribution in [0.4, 0.5) is 5.69 Å². The lowest BCUT2D eigenvalue weighted by molar-refractivity contribution is -0.386.